The molecule has 1 aromatic rings. The van der Waals surface area contributed by atoms with Gasteiger partial charge in [0.1, 0.15) is 0 Å². The number of benzene rings is 1. The van der Waals surface area contributed by atoms with Gasteiger partial charge in [0, 0.05) is 25.7 Å². The van der Waals surface area contributed by atoms with Crippen LogP contribution in [0, 0.1) is 0 Å². The lowest BCUT2D eigenvalue weighted by Gasteiger charge is -2.32. The van der Waals surface area contributed by atoms with Crippen molar-refractivity contribution in [3.05, 3.63) is 48.6 Å². The summed E-state index contributed by atoms with van der Waals surface area (Å²) in [4.78, 5) is 13.6. The molecular weight excluding hydrogens is 224 g/mol. The molecule has 1 aliphatic rings. The van der Waals surface area contributed by atoms with Crippen molar-refractivity contribution in [2.75, 3.05) is 13.1 Å². The molecule has 1 fully saturated rings. The summed E-state index contributed by atoms with van der Waals surface area (Å²) in [6.45, 7) is 6.55. The maximum Gasteiger partial charge on any atom is 0.243 e. The second-order valence-corrected chi connectivity index (χ2v) is 4.75. The quantitative estimate of drug-likeness (QED) is 0.821. The number of nitrogens with zero attached hydrogens (tertiary/aromatic N) is 1. The molecule has 3 nitrogen and oxygen atoms in total. The highest BCUT2D eigenvalue weighted by atomic mass is 16.1. The standard InChI is InChI=1S/C15H20N2O/c1-2-15(18)16-14-8-10-17(11-9-14)12-13-6-4-3-5-7-13/h2-7,14H,1,8-12H2,(H,16,18). The number of rotatable bonds is 4. The summed E-state index contributed by atoms with van der Waals surface area (Å²) in [7, 11) is 0. The number of likely N-dealkylation sites (tertiary alicyclic amines) is 1. The van der Waals surface area contributed by atoms with E-state index in [1.54, 1.807) is 0 Å². The molecule has 18 heavy (non-hydrogen) atoms. The summed E-state index contributed by atoms with van der Waals surface area (Å²) >= 11 is 0. The first-order valence-corrected chi connectivity index (χ1v) is 6.47. The van der Waals surface area contributed by atoms with Gasteiger partial charge in [-0.3, -0.25) is 9.69 Å². The van der Waals surface area contributed by atoms with Crippen molar-refractivity contribution < 1.29 is 4.79 Å². The highest BCUT2D eigenvalue weighted by molar-refractivity contribution is 5.87. The summed E-state index contributed by atoms with van der Waals surface area (Å²) in [5.74, 6) is -0.0588. The van der Waals surface area contributed by atoms with Gasteiger partial charge in [0.25, 0.3) is 0 Å². The fraction of sp³-hybridized carbons (Fsp3) is 0.400. The van der Waals surface area contributed by atoms with E-state index in [4.69, 9.17) is 0 Å². The van der Waals surface area contributed by atoms with Crippen molar-refractivity contribution in [3.8, 4) is 0 Å². The Morgan fingerprint density at radius 3 is 2.61 bits per heavy atom. The Bertz CT molecular complexity index is 394. The highest BCUT2D eigenvalue weighted by Crippen LogP contribution is 2.13. The largest absolute Gasteiger partial charge is 0.350 e. The van der Waals surface area contributed by atoms with Gasteiger partial charge in [0.05, 0.1) is 0 Å². The van der Waals surface area contributed by atoms with E-state index in [1.807, 2.05) is 6.07 Å². The van der Waals surface area contributed by atoms with Crippen LogP contribution < -0.4 is 5.32 Å². The van der Waals surface area contributed by atoms with Crippen LogP contribution in [0.25, 0.3) is 0 Å². The molecule has 0 radical (unpaired) electrons. The Hall–Kier alpha value is -1.61. The van der Waals surface area contributed by atoms with Crippen LogP contribution in [-0.2, 0) is 11.3 Å². The average Bonchev–Trinajstić information content (AvgIpc) is 2.42. The smallest absolute Gasteiger partial charge is 0.243 e. The van der Waals surface area contributed by atoms with Crippen LogP contribution in [-0.4, -0.2) is 29.9 Å². The highest BCUT2D eigenvalue weighted by Gasteiger charge is 2.19. The number of hydrogen-bond acceptors (Lipinski definition) is 2. The summed E-state index contributed by atoms with van der Waals surface area (Å²) in [5, 5.41) is 2.97. The predicted molar refractivity (Wildman–Crippen MR) is 73.1 cm³/mol. The molecule has 0 bridgehead atoms. The molecule has 0 atom stereocenters. The number of nitrogens with one attached hydrogen (secondary N) is 1. The predicted octanol–water partition coefficient (Wildman–Crippen LogP) is 1.95. The van der Waals surface area contributed by atoms with Crippen molar-refractivity contribution in [2.45, 2.75) is 25.4 Å². The third-order valence-electron chi connectivity index (χ3n) is 3.37. The molecule has 1 aliphatic heterocycles. The Balaban J connectivity index is 1.77. The van der Waals surface area contributed by atoms with Crippen molar-refractivity contribution in [2.24, 2.45) is 0 Å². The molecule has 0 saturated carbocycles. The van der Waals surface area contributed by atoms with Crippen molar-refractivity contribution >= 4 is 5.91 Å². The van der Waals surface area contributed by atoms with E-state index in [9.17, 15) is 4.79 Å². The molecule has 0 aromatic heterocycles. The molecule has 0 aliphatic carbocycles. The van der Waals surface area contributed by atoms with Crippen molar-refractivity contribution in [1.82, 2.24) is 10.2 Å². The second kappa shape index (κ2) is 6.36. The first-order valence-electron chi connectivity index (χ1n) is 6.47. The number of piperidine rings is 1. The average molecular weight is 244 g/mol. The topological polar surface area (TPSA) is 32.3 Å². The van der Waals surface area contributed by atoms with Gasteiger partial charge in [0.15, 0.2) is 0 Å². The van der Waals surface area contributed by atoms with Crippen LogP contribution in [0.15, 0.2) is 43.0 Å². The van der Waals surface area contributed by atoms with Gasteiger partial charge >= 0.3 is 0 Å². The minimum Gasteiger partial charge on any atom is -0.350 e. The summed E-state index contributed by atoms with van der Waals surface area (Å²) in [5.41, 5.74) is 1.35. The van der Waals surface area contributed by atoms with E-state index in [0.29, 0.717) is 6.04 Å². The minimum atomic E-state index is -0.0588. The Labute approximate surface area is 108 Å². The molecule has 1 amide bonds. The molecule has 1 N–H and O–H groups in total. The zero-order valence-electron chi connectivity index (χ0n) is 10.6. The van der Waals surface area contributed by atoms with E-state index < -0.39 is 0 Å². The van der Waals surface area contributed by atoms with Gasteiger partial charge in [-0.25, -0.2) is 0 Å². The summed E-state index contributed by atoms with van der Waals surface area (Å²) in [6, 6.07) is 10.8. The molecule has 2 rings (SSSR count). The lowest BCUT2D eigenvalue weighted by Crippen LogP contribution is -2.43. The van der Waals surface area contributed by atoms with Crippen LogP contribution in [0.3, 0.4) is 0 Å². The number of carbonyl (C=O) groups excluding carboxylic acids is 1. The number of carbonyl (C=O) groups is 1. The van der Waals surface area contributed by atoms with Crippen LogP contribution in [0.1, 0.15) is 18.4 Å². The minimum absolute atomic E-state index is 0.0588. The van der Waals surface area contributed by atoms with Crippen molar-refractivity contribution in [3.63, 3.8) is 0 Å². The molecule has 96 valence electrons. The molecule has 3 heteroatoms. The first-order chi connectivity index (χ1) is 8.78. The summed E-state index contributed by atoms with van der Waals surface area (Å²) in [6.07, 6.45) is 3.38. The summed E-state index contributed by atoms with van der Waals surface area (Å²) < 4.78 is 0. The normalized spacial score (nSPS) is 17.3. The second-order valence-electron chi connectivity index (χ2n) is 4.75. The van der Waals surface area contributed by atoms with Gasteiger partial charge < -0.3 is 5.32 Å². The third kappa shape index (κ3) is 3.70. The molecular formula is C15H20N2O. The van der Waals surface area contributed by atoms with E-state index in [2.05, 4.69) is 41.1 Å². The lowest BCUT2D eigenvalue weighted by molar-refractivity contribution is -0.117. The zero-order chi connectivity index (χ0) is 12.8. The van der Waals surface area contributed by atoms with Gasteiger partial charge in [-0.1, -0.05) is 36.9 Å². The Kier molecular flexibility index (Phi) is 4.53. The molecule has 0 spiro atoms. The molecule has 1 heterocycles. The van der Waals surface area contributed by atoms with E-state index >= 15 is 0 Å². The van der Waals surface area contributed by atoms with Crippen LogP contribution in [0.2, 0.25) is 0 Å². The van der Waals surface area contributed by atoms with Gasteiger partial charge in [-0.15, -0.1) is 0 Å². The number of amides is 1. The Morgan fingerprint density at radius 2 is 2.00 bits per heavy atom. The van der Waals surface area contributed by atoms with Gasteiger partial charge in [-0.2, -0.15) is 0 Å². The molecule has 1 aromatic carbocycles. The van der Waals surface area contributed by atoms with Crippen molar-refractivity contribution in [1.29, 1.82) is 0 Å². The zero-order valence-corrected chi connectivity index (χ0v) is 10.6. The maximum absolute atomic E-state index is 11.2. The van der Waals surface area contributed by atoms with Crippen LogP contribution in [0.5, 0.6) is 0 Å². The number of hydrogen-bond donors (Lipinski definition) is 1. The maximum atomic E-state index is 11.2. The SMILES string of the molecule is C=CC(=O)NC1CCN(Cc2ccccc2)CC1. The van der Waals surface area contributed by atoms with E-state index in [-0.39, 0.29) is 5.91 Å². The van der Waals surface area contributed by atoms with Gasteiger partial charge in [0.2, 0.25) is 5.91 Å². The lowest BCUT2D eigenvalue weighted by atomic mass is 10.0. The third-order valence-corrected chi connectivity index (χ3v) is 3.37. The molecule has 0 unspecified atom stereocenters. The fourth-order valence-corrected chi connectivity index (χ4v) is 2.34. The Morgan fingerprint density at radius 1 is 1.33 bits per heavy atom. The first kappa shape index (κ1) is 12.8. The fourth-order valence-electron chi connectivity index (χ4n) is 2.34. The molecule has 1 saturated heterocycles. The van der Waals surface area contributed by atoms with Crippen LogP contribution >= 0.6 is 0 Å². The van der Waals surface area contributed by atoms with E-state index in [0.717, 1.165) is 32.5 Å². The van der Waals surface area contributed by atoms with Crippen LogP contribution in [0.4, 0.5) is 0 Å². The monoisotopic (exact) mass is 244 g/mol. The van der Waals surface area contributed by atoms with Gasteiger partial charge in [-0.05, 0) is 24.5 Å². The van der Waals surface area contributed by atoms with E-state index in [1.165, 1.54) is 11.6 Å².